The zero-order valence-corrected chi connectivity index (χ0v) is 15.0. The van der Waals surface area contributed by atoms with Gasteiger partial charge in [-0.25, -0.2) is 8.42 Å². The zero-order valence-electron chi connectivity index (χ0n) is 14.2. The Bertz CT molecular complexity index is 640. The smallest absolute Gasteiger partial charge is 0.244 e. The van der Waals surface area contributed by atoms with Crippen LogP contribution in [-0.4, -0.2) is 81.8 Å². The minimum atomic E-state index is -3.53. The molecule has 0 bridgehead atoms. The first-order valence-corrected chi connectivity index (χ1v) is 9.68. The van der Waals surface area contributed by atoms with Gasteiger partial charge in [-0.1, -0.05) is 0 Å². The maximum Gasteiger partial charge on any atom is 0.244 e. The number of rotatable bonds is 6. The number of likely N-dealkylation sites (tertiary alicyclic amines) is 1. The lowest BCUT2D eigenvalue weighted by atomic mass is 9.91. The van der Waals surface area contributed by atoms with E-state index in [4.69, 9.17) is 9.47 Å². The summed E-state index contributed by atoms with van der Waals surface area (Å²) in [6.45, 7) is 3.49. The van der Waals surface area contributed by atoms with Gasteiger partial charge in [0.15, 0.2) is 0 Å². The van der Waals surface area contributed by atoms with Gasteiger partial charge in [0.05, 0.1) is 12.7 Å². The summed E-state index contributed by atoms with van der Waals surface area (Å²) in [6, 6.07) is 3.20. The highest BCUT2D eigenvalue weighted by atomic mass is 32.2. The summed E-state index contributed by atoms with van der Waals surface area (Å²) >= 11 is 0. The van der Waals surface area contributed by atoms with Gasteiger partial charge in [-0.15, -0.1) is 0 Å². The number of piperidine rings is 1. The van der Waals surface area contributed by atoms with E-state index in [1.165, 1.54) is 6.20 Å². The molecule has 2 saturated heterocycles. The number of nitrogens with zero attached hydrogens (tertiary/aromatic N) is 3. The lowest BCUT2D eigenvalue weighted by molar-refractivity contribution is 0.00217. The number of aromatic nitrogens is 1. The Balaban J connectivity index is 1.84. The molecule has 2 fully saturated rings. The maximum atomic E-state index is 13.0. The summed E-state index contributed by atoms with van der Waals surface area (Å²) < 4.78 is 38.5. The first kappa shape index (κ1) is 17.8. The Morgan fingerprint density at radius 3 is 2.83 bits per heavy atom. The summed E-state index contributed by atoms with van der Waals surface area (Å²) in [6.07, 6.45) is 3.82. The summed E-state index contributed by atoms with van der Waals surface area (Å²) in [5.74, 6) is 0.187. The van der Waals surface area contributed by atoms with Crippen LogP contribution in [0.3, 0.4) is 0 Å². The van der Waals surface area contributed by atoms with Crippen molar-refractivity contribution >= 4 is 10.0 Å². The van der Waals surface area contributed by atoms with E-state index in [1.54, 1.807) is 36.9 Å². The third-order valence-electron chi connectivity index (χ3n) is 5.05. The van der Waals surface area contributed by atoms with Gasteiger partial charge >= 0.3 is 0 Å². The lowest BCUT2D eigenvalue weighted by Gasteiger charge is -2.40. The van der Waals surface area contributed by atoms with Crippen LogP contribution in [-0.2, 0) is 19.5 Å². The molecule has 2 aliphatic heterocycles. The Hall–Kier alpha value is -1.06. The van der Waals surface area contributed by atoms with Crippen molar-refractivity contribution in [3.8, 4) is 0 Å². The molecule has 0 unspecified atom stereocenters. The number of pyridine rings is 1. The molecule has 0 saturated carbocycles. The van der Waals surface area contributed by atoms with Crippen LogP contribution in [0.5, 0.6) is 0 Å². The van der Waals surface area contributed by atoms with Gasteiger partial charge in [-0.2, -0.15) is 4.31 Å². The van der Waals surface area contributed by atoms with E-state index in [0.717, 1.165) is 19.5 Å². The molecule has 3 atom stereocenters. The SMILES string of the molecule is COCCN1C[C@H]2[C@@H](C1)N(S(=O)(=O)c1cccnc1)CC[C@H]2OC. The van der Waals surface area contributed by atoms with Gasteiger partial charge in [0.25, 0.3) is 0 Å². The second kappa shape index (κ2) is 7.45. The maximum absolute atomic E-state index is 13.0. The molecule has 1 aromatic rings. The van der Waals surface area contributed by atoms with Crippen molar-refractivity contribution in [3.05, 3.63) is 24.5 Å². The first-order chi connectivity index (χ1) is 11.6. The summed E-state index contributed by atoms with van der Waals surface area (Å²) in [4.78, 5) is 6.49. The van der Waals surface area contributed by atoms with Crippen LogP contribution in [0, 0.1) is 5.92 Å². The molecule has 8 heteroatoms. The Labute approximate surface area is 143 Å². The highest BCUT2D eigenvalue weighted by molar-refractivity contribution is 7.89. The Morgan fingerprint density at radius 2 is 2.17 bits per heavy atom. The average molecular weight is 355 g/mol. The quantitative estimate of drug-likeness (QED) is 0.737. The molecular formula is C16H25N3O4S. The zero-order chi connectivity index (χ0) is 17.2. The molecule has 24 heavy (non-hydrogen) atoms. The summed E-state index contributed by atoms with van der Waals surface area (Å²) in [5.41, 5.74) is 0. The fourth-order valence-corrected chi connectivity index (χ4v) is 5.47. The van der Waals surface area contributed by atoms with Crippen LogP contribution < -0.4 is 0 Å². The van der Waals surface area contributed by atoms with Crippen LogP contribution in [0.25, 0.3) is 0 Å². The fourth-order valence-electron chi connectivity index (χ4n) is 3.83. The molecule has 0 N–H and O–H groups in total. The van der Waals surface area contributed by atoms with Crippen molar-refractivity contribution in [2.24, 2.45) is 5.92 Å². The van der Waals surface area contributed by atoms with Gasteiger partial charge in [0.1, 0.15) is 4.90 Å². The number of methoxy groups -OCH3 is 2. The molecule has 0 radical (unpaired) electrons. The molecule has 134 valence electrons. The molecule has 3 heterocycles. The Kier molecular flexibility index (Phi) is 5.51. The monoisotopic (exact) mass is 355 g/mol. The van der Waals surface area contributed by atoms with E-state index in [0.29, 0.717) is 19.7 Å². The molecule has 0 spiro atoms. The van der Waals surface area contributed by atoms with E-state index in [1.807, 2.05) is 0 Å². The van der Waals surface area contributed by atoms with Gasteiger partial charge < -0.3 is 9.47 Å². The van der Waals surface area contributed by atoms with E-state index in [-0.39, 0.29) is 23.0 Å². The molecule has 0 aromatic carbocycles. The van der Waals surface area contributed by atoms with Crippen LogP contribution in [0.4, 0.5) is 0 Å². The molecule has 7 nitrogen and oxygen atoms in total. The van der Waals surface area contributed by atoms with E-state index in [2.05, 4.69) is 9.88 Å². The van der Waals surface area contributed by atoms with Gasteiger partial charge in [0, 0.05) is 64.8 Å². The minimum absolute atomic E-state index is 0.0641. The number of ether oxygens (including phenoxy) is 2. The van der Waals surface area contributed by atoms with Crippen molar-refractivity contribution in [2.45, 2.75) is 23.5 Å². The van der Waals surface area contributed by atoms with Crippen LogP contribution >= 0.6 is 0 Å². The van der Waals surface area contributed by atoms with Crippen LogP contribution in [0.1, 0.15) is 6.42 Å². The standard InChI is InChI=1S/C16H25N3O4S/c1-22-9-8-18-11-14-15(12-18)19(7-5-16(14)23-2)24(20,21)13-4-3-6-17-10-13/h3-4,6,10,14-16H,5,7-9,11-12H2,1-2H3/t14-,15+,16+/m0/s1. The highest BCUT2D eigenvalue weighted by Crippen LogP contribution is 2.35. The third kappa shape index (κ3) is 3.34. The minimum Gasteiger partial charge on any atom is -0.383 e. The van der Waals surface area contributed by atoms with Crippen molar-refractivity contribution < 1.29 is 17.9 Å². The fraction of sp³-hybridized carbons (Fsp3) is 0.688. The summed E-state index contributed by atoms with van der Waals surface area (Å²) in [5, 5.41) is 0. The average Bonchev–Trinajstić information content (AvgIpc) is 3.03. The van der Waals surface area contributed by atoms with Crippen molar-refractivity contribution in [3.63, 3.8) is 0 Å². The molecule has 0 aliphatic carbocycles. The van der Waals surface area contributed by atoms with E-state index >= 15 is 0 Å². The van der Waals surface area contributed by atoms with Crippen LogP contribution in [0.2, 0.25) is 0 Å². The largest absolute Gasteiger partial charge is 0.383 e. The molecule has 0 amide bonds. The van der Waals surface area contributed by atoms with Gasteiger partial charge in [-0.3, -0.25) is 9.88 Å². The predicted octanol–water partition coefficient (Wildman–Crippen LogP) is 0.438. The molecule has 3 rings (SSSR count). The normalized spacial score (nSPS) is 28.8. The predicted molar refractivity (Wildman–Crippen MR) is 89.1 cm³/mol. The molecule has 2 aliphatic rings. The topological polar surface area (TPSA) is 72.0 Å². The third-order valence-corrected chi connectivity index (χ3v) is 6.95. The number of fused-ring (bicyclic) bond motifs is 1. The second-order valence-corrected chi connectivity index (χ2v) is 8.24. The van der Waals surface area contributed by atoms with Crippen molar-refractivity contribution in [1.82, 2.24) is 14.2 Å². The molecule has 1 aromatic heterocycles. The summed E-state index contributed by atoms with van der Waals surface area (Å²) in [7, 11) is -0.141. The lowest BCUT2D eigenvalue weighted by Crippen LogP contribution is -2.53. The number of hydrogen-bond donors (Lipinski definition) is 0. The van der Waals surface area contributed by atoms with E-state index in [9.17, 15) is 8.42 Å². The Morgan fingerprint density at radius 1 is 1.33 bits per heavy atom. The number of hydrogen-bond acceptors (Lipinski definition) is 6. The van der Waals surface area contributed by atoms with E-state index < -0.39 is 10.0 Å². The number of sulfonamides is 1. The second-order valence-electron chi connectivity index (χ2n) is 6.35. The first-order valence-electron chi connectivity index (χ1n) is 8.24. The van der Waals surface area contributed by atoms with Crippen LogP contribution in [0.15, 0.2) is 29.4 Å². The van der Waals surface area contributed by atoms with Crippen molar-refractivity contribution in [2.75, 3.05) is 47.0 Å². The highest BCUT2D eigenvalue weighted by Gasteiger charge is 2.48. The van der Waals surface area contributed by atoms with Crippen molar-refractivity contribution in [1.29, 1.82) is 0 Å². The molecular weight excluding hydrogens is 330 g/mol. The van der Waals surface area contributed by atoms with Gasteiger partial charge in [0.2, 0.25) is 10.0 Å². The van der Waals surface area contributed by atoms with Gasteiger partial charge in [-0.05, 0) is 18.6 Å².